The minimum absolute atomic E-state index is 0.0310. The van der Waals surface area contributed by atoms with Gasteiger partial charge in [-0.1, -0.05) is 11.6 Å². The van der Waals surface area contributed by atoms with Gasteiger partial charge in [0.25, 0.3) is 0 Å². The monoisotopic (exact) mass is 377 g/mol. The summed E-state index contributed by atoms with van der Waals surface area (Å²) in [6.07, 6.45) is 0. The maximum Gasteiger partial charge on any atom is 0.242 e. The Balaban J connectivity index is 1.93. The Morgan fingerprint density at radius 3 is 2.44 bits per heavy atom. The molecule has 3 rings (SSSR count). The molecule has 7 heteroatoms. The number of amides is 1. The van der Waals surface area contributed by atoms with E-state index in [1.807, 2.05) is 0 Å². The number of ketones is 1. The minimum atomic E-state index is -0.511. The number of benzene rings is 2. The van der Waals surface area contributed by atoms with Crippen LogP contribution in [-0.4, -0.2) is 31.7 Å². The minimum Gasteiger partial charge on any atom is -0.493 e. The zero-order valence-electron chi connectivity index (χ0n) is 13.7. The van der Waals surface area contributed by atoms with Crippen molar-refractivity contribution in [3.05, 3.63) is 52.5 Å². The van der Waals surface area contributed by atoms with Gasteiger partial charge in [0.1, 0.15) is 5.25 Å². The zero-order valence-corrected chi connectivity index (χ0v) is 15.2. The van der Waals surface area contributed by atoms with Crippen LogP contribution in [0.25, 0.3) is 0 Å². The van der Waals surface area contributed by atoms with Crippen LogP contribution in [0.3, 0.4) is 0 Å². The normalized spacial score (nSPS) is 16.1. The number of Topliss-reactive ketones (excluding diaryl/α,β-unsaturated/α-hetero) is 1. The molecule has 1 heterocycles. The molecule has 0 unspecified atom stereocenters. The van der Waals surface area contributed by atoms with Gasteiger partial charge in [0.05, 0.1) is 20.0 Å². The lowest BCUT2D eigenvalue weighted by molar-refractivity contribution is -0.115. The maximum atomic E-state index is 12.7. The van der Waals surface area contributed by atoms with E-state index >= 15 is 0 Å². The fourth-order valence-corrected chi connectivity index (χ4v) is 3.82. The summed E-state index contributed by atoms with van der Waals surface area (Å²) < 4.78 is 10.6. The molecule has 2 aromatic carbocycles. The average molecular weight is 378 g/mol. The van der Waals surface area contributed by atoms with E-state index in [0.717, 1.165) is 0 Å². The third-order valence-corrected chi connectivity index (χ3v) is 5.35. The van der Waals surface area contributed by atoms with E-state index in [4.69, 9.17) is 21.1 Å². The molecule has 1 atom stereocenters. The number of nitrogens with one attached hydrogen (secondary N) is 1. The number of methoxy groups -OCH3 is 2. The second-order valence-corrected chi connectivity index (χ2v) is 6.93. The van der Waals surface area contributed by atoms with Gasteiger partial charge in [-0.3, -0.25) is 9.59 Å². The van der Waals surface area contributed by atoms with Gasteiger partial charge in [0.15, 0.2) is 17.3 Å². The molecule has 0 bridgehead atoms. The Morgan fingerprint density at radius 2 is 1.80 bits per heavy atom. The summed E-state index contributed by atoms with van der Waals surface area (Å²) in [4.78, 5) is 25.0. The number of hydrogen-bond acceptors (Lipinski definition) is 5. The number of halogens is 1. The summed E-state index contributed by atoms with van der Waals surface area (Å²) in [7, 11) is 3.03. The van der Waals surface area contributed by atoms with Gasteiger partial charge < -0.3 is 14.8 Å². The van der Waals surface area contributed by atoms with Crippen molar-refractivity contribution < 1.29 is 19.1 Å². The summed E-state index contributed by atoms with van der Waals surface area (Å²) >= 11 is 7.15. The van der Waals surface area contributed by atoms with E-state index in [-0.39, 0.29) is 17.4 Å². The molecule has 1 amide bonds. The molecule has 1 aliphatic rings. The Kier molecular flexibility index (Phi) is 5.20. The number of anilines is 1. The molecule has 1 aliphatic heterocycles. The first-order valence-corrected chi connectivity index (χ1v) is 8.93. The molecule has 2 aromatic rings. The van der Waals surface area contributed by atoms with E-state index in [0.29, 0.717) is 33.3 Å². The molecule has 0 saturated heterocycles. The van der Waals surface area contributed by atoms with Crippen molar-refractivity contribution in [2.45, 2.75) is 5.25 Å². The first-order chi connectivity index (χ1) is 12.0. The quantitative estimate of drug-likeness (QED) is 0.873. The number of carbonyl (C=O) groups excluding carboxylic acids is 2. The third kappa shape index (κ3) is 3.60. The summed E-state index contributed by atoms with van der Waals surface area (Å²) in [5, 5.41) is 2.94. The number of thioether (sulfide) groups is 1. The number of rotatable bonds is 4. The molecule has 5 nitrogen and oxygen atoms in total. The van der Waals surface area contributed by atoms with E-state index < -0.39 is 5.25 Å². The topological polar surface area (TPSA) is 64.6 Å². The SMILES string of the molecule is COc1cc2c(cc1OC)[C@H](C(=O)Nc1ccc(Cl)cc1)SCC2=O. The Bertz CT molecular complexity index is 823. The highest BCUT2D eigenvalue weighted by atomic mass is 35.5. The number of carbonyl (C=O) groups is 2. The molecule has 130 valence electrons. The fourth-order valence-electron chi connectivity index (χ4n) is 2.64. The number of hydrogen-bond donors (Lipinski definition) is 1. The van der Waals surface area contributed by atoms with E-state index in [1.54, 1.807) is 36.4 Å². The number of ether oxygens (including phenoxy) is 2. The largest absolute Gasteiger partial charge is 0.493 e. The van der Waals surface area contributed by atoms with Gasteiger partial charge in [-0.25, -0.2) is 0 Å². The fraction of sp³-hybridized carbons (Fsp3) is 0.222. The van der Waals surface area contributed by atoms with Crippen LogP contribution >= 0.6 is 23.4 Å². The zero-order chi connectivity index (χ0) is 18.0. The lowest BCUT2D eigenvalue weighted by Gasteiger charge is -2.25. The second kappa shape index (κ2) is 7.37. The third-order valence-electron chi connectivity index (χ3n) is 3.87. The van der Waals surface area contributed by atoms with Crippen molar-refractivity contribution in [1.82, 2.24) is 0 Å². The van der Waals surface area contributed by atoms with Crippen LogP contribution in [0.2, 0.25) is 5.02 Å². The van der Waals surface area contributed by atoms with Crippen molar-refractivity contribution in [2.75, 3.05) is 25.3 Å². The van der Waals surface area contributed by atoms with E-state index in [2.05, 4.69) is 5.32 Å². The van der Waals surface area contributed by atoms with Gasteiger partial charge >= 0.3 is 0 Å². The molecule has 25 heavy (non-hydrogen) atoms. The highest BCUT2D eigenvalue weighted by molar-refractivity contribution is 8.01. The van der Waals surface area contributed by atoms with Gasteiger partial charge in [-0.05, 0) is 42.0 Å². The summed E-state index contributed by atoms with van der Waals surface area (Å²) in [6.45, 7) is 0. The summed E-state index contributed by atoms with van der Waals surface area (Å²) in [5.41, 5.74) is 1.77. The lowest BCUT2D eigenvalue weighted by Crippen LogP contribution is -2.26. The van der Waals surface area contributed by atoms with Crippen molar-refractivity contribution in [3.63, 3.8) is 0 Å². The van der Waals surface area contributed by atoms with Crippen LogP contribution in [0.5, 0.6) is 11.5 Å². The van der Waals surface area contributed by atoms with Gasteiger partial charge in [-0.15, -0.1) is 11.8 Å². The summed E-state index contributed by atoms with van der Waals surface area (Å²) in [6, 6.07) is 10.2. The van der Waals surface area contributed by atoms with Crippen LogP contribution in [0, 0.1) is 0 Å². The van der Waals surface area contributed by atoms with Crippen molar-refractivity contribution >= 4 is 40.7 Å². The molecule has 0 aromatic heterocycles. The standard InChI is InChI=1S/C18H16ClNO4S/c1-23-15-7-12-13(8-16(15)24-2)17(25-9-14(12)21)18(22)20-11-5-3-10(19)4-6-11/h3-8,17H,9H2,1-2H3,(H,20,22)/t17-/m1/s1. The van der Waals surface area contributed by atoms with Crippen LogP contribution < -0.4 is 14.8 Å². The molecular formula is C18H16ClNO4S. The van der Waals surface area contributed by atoms with Crippen LogP contribution in [-0.2, 0) is 4.79 Å². The van der Waals surface area contributed by atoms with Crippen LogP contribution in [0.4, 0.5) is 5.69 Å². The van der Waals surface area contributed by atoms with Gasteiger partial charge in [-0.2, -0.15) is 0 Å². The van der Waals surface area contributed by atoms with Crippen molar-refractivity contribution in [1.29, 1.82) is 0 Å². The van der Waals surface area contributed by atoms with E-state index in [1.165, 1.54) is 26.0 Å². The summed E-state index contributed by atoms with van der Waals surface area (Å²) in [5.74, 6) is 0.963. The van der Waals surface area contributed by atoms with Crippen molar-refractivity contribution in [3.8, 4) is 11.5 Å². The highest BCUT2D eigenvalue weighted by Crippen LogP contribution is 2.42. The van der Waals surface area contributed by atoms with E-state index in [9.17, 15) is 9.59 Å². The highest BCUT2D eigenvalue weighted by Gasteiger charge is 2.33. The van der Waals surface area contributed by atoms with Crippen molar-refractivity contribution in [2.24, 2.45) is 0 Å². The first kappa shape index (κ1) is 17.6. The van der Waals surface area contributed by atoms with Crippen LogP contribution in [0.1, 0.15) is 21.2 Å². The number of fused-ring (bicyclic) bond motifs is 1. The lowest BCUT2D eigenvalue weighted by atomic mass is 9.99. The molecule has 0 aliphatic carbocycles. The first-order valence-electron chi connectivity index (χ1n) is 7.50. The molecular weight excluding hydrogens is 362 g/mol. The molecule has 0 spiro atoms. The Morgan fingerprint density at radius 1 is 1.16 bits per heavy atom. The Hall–Kier alpha value is -2.18. The molecule has 0 fully saturated rings. The van der Waals surface area contributed by atoms with Crippen LogP contribution in [0.15, 0.2) is 36.4 Å². The maximum absolute atomic E-state index is 12.7. The Labute approximate surface area is 154 Å². The predicted octanol–water partition coefficient (Wildman–Crippen LogP) is 3.97. The second-order valence-electron chi connectivity index (χ2n) is 5.40. The smallest absolute Gasteiger partial charge is 0.242 e. The van der Waals surface area contributed by atoms with Gasteiger partial charge in [0, 0.05) is 16.3 Å². The molecule has 0 saturated carbocycles. The molecule has 1 N–H and O–H groups in total. The average Bonchev–Trinajstić information content (AvgIpc) is 2.62. The van der Waals surface area contributed by atoms with Gasteiger partial charge in [0.2, 0.25) is 5.91 Å². The predicted molar refractivity (Wildman–Crippen MR) is 99.2 cm³/mol. The molecule has 0 radical (unpaired) electrons.